The summed E-state index contributed by atoms with van der Waals surface area (Å²) in [7, 11) is 0. The van der Waals surface area contributed by atoms with Crippen molar-refractivity contribution >= 4 is 65.3 Å². The van der Waals surface area contributed by atoms with Crippen LogP contribution in [0.15, 0.2) is 158 Å². The average Bonchev–Trinajstić information content (AvgIpc) is 3.64. The molecule has 0 bridgehead atoms. The topological polar surface area (TPSA) is 35.6 Å². The van der Waals surface area contributed by atoms with Gasteiger partial charge in [-0.25, -0.2) is 9.97 Å². The lowest BCUT2D eigenvalue weighted by atomic mass is 10.0. The maximum absolute atomic E-state index is 5.37. The van der Waals surface area contributed by atoms with E-state index in [1.165, 1.54) is 43.4 Å². The fraction of sp³-hybridized carbons (Fsp3) is 0. The van der Waals surface area contributed by atoms with Gasteiger partial charge in [-0.1, -0.05) is 115 Å². The summed E-state index contributed by atoms with van der Waals surface area (Å²) in [5.74, 6) is 0.662. The van der Waals surface area contributed by atoms with Crippen molar-refractivity contribution in [3.05, 3.63) is 158 Å². The Morgan fingerprint density at radius 3 is 1.93 bits per heavy atom. The second-order valence-electron chi connectivity index (χ2n) is 11.8. The number of fused-ring (bicyclic) bond motifs is 9. The van der Waals surface area contributed by atoms with Crippen LogP contribution in [0.3, 0.4) is 0 Å². The van der Waals surface area contributed by atoms with Gasteiger partial charge in [0.05, 0.1) is 33.3 Å². The van der Waals surface area contributed by atoms with Crippen LogP contribution >= 0.6 is 0 Å². The van der Waals surface area contributed by atoms with E-state index in [1.54, 1.807) is 0 Å². The standard InChI is InChI=1S/C42H26N4/c1-2-14-30(15-3-1)45-36-20-10-7-16-31(36)32-24-25-38-39(41(32)45)34-18-8-11-21-37(34)46(38)42-43-35-19-9-6-17-33(35)40(44-42)29-23-22-27-12-4-5-13-28(27)26-29/h1-26H. The summed E-state index contributed by atoms with van der Waals surface area (Å²) in [6.07, 6.45) is 0. The van der Waals surface area contributed by atoms with Crippen LogP contribution < -0.4 is 0 Å². The predicted molar refractivity (Wildman–Crippen MR) is 191 cm³/mol. The van der Waals surface area contributed by atoms with Crippen LogP contribution in [-0.2, 0) is 0 Å². The molecule has 0 amide bonds. The van der Waals surface area contributed by atoms with Crippen molar-refractivity contribution in [2.75, 3.05) is 0 Å². The molecule has 4 heteroatoms. The van der Waals surface area contributed by atoms with Crippen LogP contribution in [0.4, 0.5) is 0 Å². The molecule has 10 aromatic rings. The third kappa shape index (κ3) is 3.55. The lowest BCUT2D eigenvalue weighted by Crippen LogP contribution is -2.03. The summed E-state index contributed by atoms with van der Waals surface area (Å²) in [5, 5.41) is 8.27. The van der Waals surface area contributed by atoms with Crippen LogP contribution in [0.5, 0.6) is 0 Å². The molecule has 0 aliphatic carbocycles. The molecule has 0 saturated heterocycles. The van der Waals surface area contributed by atoms with E-state index in [4.69, 9.17) is 9.97 Å². The van der Waals surface area contributed by atoms with E-state index >= 15 is 0 Å². The minimum atomic E-state index is 0.662. The van der Waals surface area contributed by atoms with Crippen LogP contribution in [0.1, 0.15) is 0 Å². The highest BCUT2D eigenvalue weighted by Crippen LogP contribution is 2.42. The van der Waals surface area contributed by atoms with Crippen molar-refractivity contribution in [1.82, 2.24) is 19.1 Å². The van der Waals surface area contributed by atoms with Crippen molar-refractivity contribution in [1.29, 1.82) is 0 Å². The van der Waals surface area contributed by atoms with Crippen LogP contribution in [0.2, 0.25) is 0 Å². The number of hydrogen-bond acceptors (Lipinski definition) is 2. The Hall–Kier alpha value is -6.26. The molecule has 0 aliphatic rings. The Morgan fingerprint density at radius 1 is 0.413 bits per heavy atom. The van der Waals surface area contributed by atoms with Gasteiger partial charge in [-0.2, -0.15) is 0 Å². The maximum Gasteiger partial charge on any atom is 0.235 e. The second kappa shape index (κ2) is 9.62. The third-order valence-corrected chi connectivity index (χ3v) is 9.30. The van der Waals surface area contributed by atoms with E-state index in [0.717, 1.165) is 38.9 Å². The van der Waals surface area contributed by atoms with Gasteiger partial charge < -0.3 is 4.57 Å². The molecule has 0 saturated carbocycles. The summed E-state index contributed by atoms with van der Waals surface area (Å²) in [6, 6.07) is 55.9. The summed E-state index contributed by atoms with van der Waals surface area (Å²) in [6.45, 7) is 0. The van der Waals surface area contributed by atoms with Gasteiger partial charge in [0.15, 0.2) is 0 Å². The third-order valence-electron chi connectivity index (χ3n) is 9.30. The lowest BCUT2D eigenvalue weighted by Gasteiger charge is -2.12. The van der Waals surface area contributed by atoms with Gasteiger partial charge in [-0.05, 0) is 53.2 Å². The van der Waals surface area contributed by atoms with Gasteiger partial charge in [0.25, 0.3) is 0 Å². The minimum absolute atomic E-state index is 0.662. The Kier molecular flexibility index (Phi) is 5.25. The molecule has 3 aromatic heterocycles. The second-order valence-corrected chi connectivity index (χ2v) is 11.8. The molecule has 0 aliphatic heterocycles. The number of benzene rings is 7. The monoisotopic (exact) mass is 586 g/mol. The molecule has 0 unspecified atom stereocenters. The van der Waals surface area contributed by atoms with E-state index < -0.39 is 0 Å². The molecule has 0 spiro atoms. The minimum Gasteiger partial charge on any atom is -0.309 e. The van der Waals surface area contributed by atoms with Crippen LogP contribution in [-0.4, -0.2) is 19.1 Å². The first kappa shape index (κ1) is 25.1. The Labute approximate surface area is 264 Å². The van der Waals surface area contributed by atoms with Crippen molar-refractivity contribution in [2.45, 2.75) is 0 Å². The zero-order valence-electron chi connectivity index (χ0n) is 24.8. The highest BCUT2D eigenvalue weighted by molar-refractivity contribution is 6.26. The zero-order chi connectivity index (χ0) is 30.2. The van der Waals surface area contributed by atoms with Crippen molar-refractivity contribution < 1.29 is 0 Å². The first-order valence-electron chi connectivity index (χ1n) is 15.6. The number of rotatable bonds is 3. The Balaban J connectivity index is 1.34. The van der Waals surface area contributed by atoms with Crippen molar-refractivity contribution in [2.24, 2.45) is 0 Å². The SMILES string of the molecule is c1ccc(-n2c3ccccc3c3ccc4c(c5ccccc5n4-c4nc(-c5ccc6ccccc6c5)c5ccccc5n4)c32)cc1. The summed E-state index contributed by atoms with van der Waals surface area (Å²) in [5.41, 5.74) is 8.59. The Morgan fingerprint density at radius 2 is 1.09 bits per heavy atom. The van der Waals surface area contributed by atoms with Gasteiger partial charge in [-0.15, -0.1) is 0 Å². The number of para-hydroxylation sites is 4. The molecule has 0 N–H and O–H groups in total. The fourth-order valence-corrected chi connectivity index (χ4v) is 7.29. The van der Waals surface area contributed by atoms with E-state index in [-0.39, 0.29) is 0 Å². The maximum atomic E-state index is 5.37. The molecule has 3 heterocycles. The largest absolute Gasteiger partial charge is 0.309 e. The quantitative estimate of drug-likeness (QED) is 0.206. The van der Waals surface area contributed by atoms with Gasteiger partial charge in [0, 0.05) is 38.2 Å². The summed E-state index contributed by atoms with van der Waals surface area (Å²) in [4.78, 5) is 10.6. The average molecular weight is 587 g/mol. The molecule has 0 atom stereocenters. The first-order chi connectivity index (χ1) is 22.8. The van der Waals surface area contributed by atoms with Crippen LogP contribution in [0, 0.1) is 0 Å². The van der Waals surface area contributed by atoms with Gasteiger partial charge in [0.2, 0.25) is 5.95 Å². The van der Waals surface area contributed by atoms with Gasteiger partial charge in [0.1, 0.15) is 0 Å². The summed E-state index contributed by atoms with van der Waals surface area (Å²) < 4.78 is 4.65. The van der Waals surface area contributed by atoms with E-state index in [1.807, 2.05) is 0 Å². The molecule has 4 nitrogen and oxygen atoms in total. The number of nitrogens with zero attached hydrogens (tertiary/aromatic N) is 4. The normalized spacial score (nSPS) is 11.9. The molecule has 7 aromatic carbocycles. The van der Waals surface area contributed by atoms with Crippen molar-refractivity contribution in [3.8, 4) is 22.9 Å². The highest BCUT2D eigenvalue weighted by atomic mass is 15.2. The fourth-order valence-electron chi connectivity index (χ4n) is 7.29. The molecular formula is C42H26N4. The van der Waals surface area contributed by atoms with E-state index in [2.05, 4.69) is 167 Å². The highest BCUT2D eigenvalue weighted by Gasteiger charge is 2.22. The zero-order valence-corrected chi connectivity index (χ0v) is 24.8. The predicted octanol–water partition coefficient (Wildman–Crippen LogP) is 10.6. The molecule has 214 valence electrons. The van der Waals surface area contributed by atoms with Gasteiger partial charge >= 0.3 is 0 Å². The molecule has 0 radical (unpaired) electrons. The van der Waals surface area contributed by atoms with Gasteiger partial charge in [-0.3, -0.25) is 4.57 Å². The van der Waals surface area contributed by atoms with Crippen LogP contribution in [0.25, 0.3) is 88.2 Å². The Bertz CT molecular complexity index is 2810. The lowest BCUT2D eigenvalue weighted by molar-refractivity contribution is 1.01. The molecule has 10 rings (SSSR count). The first-order valence-corrected chi connectivity index (χ1v) is 15.6. The molecule has 0 fully saturated rings. The smallest absolute Gasteiger partial charge is 0.235 e. The number of hydrogen-bond donors (Lipinski definition) is 0. The van der Waals surface area contributed by atoms with E-state index in [9.17, 15) is 0 Å². The number of aromatic nitrogens is 4. The summed E-state index contributed by atoms with van der Waals surface area (Å²) >= 11 is 0. The molecular weight excluding hydrogens is 560 g/mol. The van der Waals surface area contributed by atoms with Crippen molar-refractivity contribution in [3.63, 3.8) is 0 Å². The van der Waals surface area contributed by atoms with E-state index in [0.29, 0.717) is 5.95 Å². The molecule has 46 heavy (non-hydrogen) atoms.